The molecule has 2 N–H and O–H groups in total. The van der Waals surface area contributed by atoms with E-state index in [1.54, 1.807) is 30.3 Å². The summed E-state index contributed by atoms with van der Waals surface area (Å²) in [4.78, 5) is 25.9. The van der Waals surface area contributed by atoms with E-state index in [2.05, 4.69) is 26.6 Å². The second kappa shape index (κ2) is 10.3. The lowest BCUT2D eigenvalue weighted by molar-refractivity contribution is 0.0938. The Morgan fingerprint density at radius 1 is 0.758 bits per heavy atom. The fourth-order valence-corrected chi connectivity index (χ4v) is 3.87. The summed E-state index contributed by atoms with van der Waals surface area (Å²) in [5.74, 6) is -0.429. The van der Waals surface area contributed by atoms with Crippen molar-refractivity contribution in [2.45, 2.75) is 13.0 Å². The molecule has 5 heteroatoms. The lowest BCUT2D eigenvalue weighted by Crippen LogP contribution is -2.26. The van der Waals surface area contributed by atoms with E-state index < -0.39 is 0 Å². The van der Waals surface area contributed by atoms with Crippen LogP contribution in [0, 0.1) is 0 Å². The van der Waals surface area contributed by atoms with Crippen molar-refractivity contribution < 1.29 is 9.59 Å². The van der Waals surface area contributed by atoms with E-state index in [1.807, 2.05) is 79.7 Å². The van der Waals surface area contributed by atoms with Crippen LogP contribution >= 0.6 is 15.9 Å². The van der Waals surface area contributed by atoms with Crippen molar-refractivity contribution in [3.05, 3.63) is 124 Å². The first-order valence-electron chi connectivity index (χ1n) is 10.6. The lowest BCUT2D eigenvalue weighted by Gasteiger charge is -2.15. The maximum atomic E-state index is 13.1. The largest absolute Gasteiger partial charge is 0.346 e. The van der Waals surface area contributed by atoms with Crippen molar-refractivity contribution in [1.82, 2.24) is 5.32 Å². The van der Waals surface area contributed by atoms with E-state index >= 15 is 0 Å². The van der Waals surface area contributed by atoms with Gasteiger partial charge in [-0.1, -0.05) is 82.7 Å². The number of hydrogen-bond donors (Lipinski definition) is 2. The van der Waals surface area contributed by atoms with Gasteiger partial charge in [-0.25, -0.2) is 0 Å². The molecule has 0 aliphatic rings. The highest BCUT2D eigenvalue weighted by Crippen LogP contribution is 2.24. The molecular formula is C28H23BrN2O2. The summed E-state index contributed by atoms with van der Waals surface area (Å²) in [5.41, 5.74) is 4.45. The molecule has 0 fully saturated rings. The Bertz CT molecular complexity index is 1270. The quantitative estimate of drug-likeness (QED) is 0.305. The fourth-order valence-electron chi connectivity index (χ4n) is 3.60. The summed E-state index contributed by atoms with van der Waals surface area (Å²) in [6.45, 7) is 1.94. The molecule has 0 bridgehead atoms. The molecule has 4 aromatic rings. The van der Waals surface area contributed by atoms with Gasteiger partial charge < -0.3 is 10.6 Å². The van der Waals surface area contributed by atoms with Gasteiger partial charge in [0.2, 0.25) is 0 Å². The second-order valence-electron chi connectivity index (χ2n) is 7.69. The molecule has 0 heterocycles. The Morgan fingerprint density at radius 3 is 2.21 bits per heavy atom. The number of amides is 2. The molecule has 4 nitrogen and oxygen atoms in total. The number of nitrogens with one attached hydrogen (secondary N) is 2. The van der Waals surface area contributed by atoms with Crippen LogP contribution in [0.3, 0.4) is 0 Å². The standard InChI is InChI=1S/C28H23BrN2O2/c1-19(20-14-16-23(29)17-15-20)30-27(32)22-10-7-11-24(18-22)31-28(33)26-13-6-5-12-25(26)21-8-3-2-4-9-21/h2-19H,1H3,(H,30,32)(H,31,33). The summed E-state index contributed by atoms with van der Waals surface area (Å²) in [7, 11) is 0. The van der Waals surface area contributed by atoms with Gasteiger partial charge in [0, 0.05) is 21.3 Å². The Balaban J connectivity index is 1.49. The van der Waals surface area contributed by atoms with E-state index in [4.69, 9.17) is 0 Å². The van der Waals surface area contributed by atoms with Crippen LogP contribution in [0.25, 0.3) is 11.1 Å². The lowest BCUT2D eigenvalue weighted by atomic mass is 9.99. The first kappa shape index (κ1) is 22.5. The molecule has 33 heavy (non-hydrogen) atoms. The van der Waals surface area contributed by atoms with Crippen LogP contribution in [0.1, 0.15) is 39.2 Å². The Hall–Kier alpha value is -3.70. The molecule has 4 aromatic carbocycles. The van der Waals surface area contributed by atoms with Gasteiger partial charge >= 0.3 is 0 Å². The molecule has 1 unspecified atom stereocenters. The highest BCUT2D eigenvalue weighted by Gasteiger charge is 2.15. The van der Waals surface area contributed by atoms with Gasteiger partial charge in [0.25, 0.3) is 11.8 Å². The van der Waals surface area contributed by atoms with Gasteiger partial charge in [-0.2, -0.15) is 0 Å². The van der Waals surface area contributed by atoms with Gasteiger partial charge in [0.05, 0.1) is 6.04 Å². The van der Waals surface area contributed by atoms with E-state index in [0.29, 0.717) is 16.8 Å². The molecular weight excluding hydrogens is 476 g/mol. The maximum Gasteiger partial charge on any atom is 0.256 e. The van der Waals surface area contributed by atoms with E-state index in [0.717, 1.165) is 21.2 Å². The monoisotopic (exact) mass is 498 g/mol. The molecule has 1 atom stereocenters. The molecule has 164 valence electrons. The molecule has 0 aromatic heterocycles. The number of carbonyl (C=O) groups is 2. The highest BCUT2D eigenvalue weighted by atomic mass is 79.9. The highest BCUT2D eigenvalue weighted by molar-refractivity contribution is 9.10. The predicted molar refractivity (Wildman–Crippen MR) is 136 cm³/mol. The maximum absolute atomic E-state index is 13.1. The predicted octanol–water partition coefficient (Wildman–Crippen LogP) is 6.86. The van der Waals surface area contributed by atoms with E-state index in [1.165, 1.54) is 0 Å². The average Bonchev–Trinajstić information content (AvgIpc) is 2.85. The van der Waals surface area contributed by atoms with Crippen molar-refractivity contribution in [2.24, 2.45) is 0 Å². The number of anilines is 1. The average molecular weight is 499 g/mol. The zero-order valence-corrected chi connectivity index (χ0v) is 19.7. The van der Waals surface area contributed by atoms with Crippen LogP contribution in [-0.4, -0.2) is 11.8 Å². The first-order valence-corrected chi connectivity index (χ1v) is 11.4. The SMILES string of the molecule is CC(NC(=O)c1cccc(NC(=O)c2ccccc2-c2ccccc2)c1)c1ccc(Br)cc1. The summed E-state index contributed by atoms with van der Waals surface area (Å²) in [6.07, 6.45) is 0. The Kier molecular flexibility index (Phi) is 7.01. The van der Waals surface area contributed by atoms with Crippen molar-refractivity contribution in [3.8, 4) is 11.1 Å². The topological polar surface area (TPSA) is 58.2 Å². The third kappa shape index (κ3) is 5.57. The molecule has 0 saturated heterocycles. The van der Waals surface area contributed by atoms with Crippen LogP contribution in [0.5, 0.6) is 0 Å². The summed E-state index contributed by atoms with van der Waals surface area (Å²) < 4.78 is 0.988. The molecule has 4 rings (SSSR count). The number of rotatable bonds is 6. The minimum Gasteiger partial charge on any atom is -0.346 e. The zero-order valence-electron chi connectivity index (χ0n) is 18.1. The van der Waals surface area contributed by atoms with Crippen LogP contribution in [0.4, 0.5) is 5.69 Å². The molecule has 0 aliphatic carbocycles. The molecule has 0 aliphatic heterocycles. The van der Waals surface area contributed by atoms with Crippen LogP contribution < -0.4 is 10.6 Å². The molecule has 0 saturated carbocycles. The van der Waals surface area contributed by atoms with Crippen LogP contribution in [0.2, 0.25) is 0 Å². The second-order valence-corrected chi connectivity index (χ2v) is 8.61. The van der Waals surface area contributed by atoms with Crippen LogP contribution in [-0.2, 0) is 0 Å². The normalized spacial score (nSPS) is 11.5. The molecule has 0 spiro atoms. The van der Waals surface area contributed by atoms with Crippen molar-refractivity contribution >= 4 is 33.4 Å². The Morgan fingerprint density at radius 2 is 1.45 bits per heavy atom. The van der Waals surface area contributed by atoms with Gasteiger partial charge in [-0.05, 0) is 60.0 Å². The van der Waals surface area contributed by atoms with Gasteiger partial charge in [-0.15, -0.1) is 0 Å². The summed E-state index contributed by atoms with van der Waals surface area (Å²) in [6, 6.07) is 31.9. The Labute approximate surface area is 201 Å². The molecule has 0 radical (unpaired) electrons. The first-order chi connectivity index (χ1) is 16.0. The van der Waals surface area contributed by atoms with Gasteiger partial charge in [0.1, 0.15) is 0 Å². The number of carbonyl (C=O) groups excluding carboxylic acids is 2. The fraction of sp³-hybridized carbons (Fsp3) is 0.0714. The van der Waals surface area contributed by atoms with Crippen molar-refractivity contribution in [2.75, 3.05) is 5.32 Å². The minimum absolute atomic E-state index is 0.151. The number of hydrogen-bond acceptors (Lipinski definition) is 2. The zero-order chi connectivity index (χ0) is 23.2. The smallest absolute Gasteiger partial charge is 0.256 e. The summed E-state index contributed by atoms with van der Waals surface area (Å²) in [5, 5.41) is 5.94. The third-order valence-corrected chi connectivity index (χ3v) is 5.89. The van der Waals surface area contributed by atoms with E-state index in [9.17, 15) is 9.59 Å². The van der Waals surface area contributed by atoms with Gasteiger partial charge in [0.15, 0.2) is 0 Å². The third-order valence-electron chi connectivity index (χ3n) is 5.36. The van der Waals surface area contributed by atoms with Crippen LogP contribution in [0.15, 0.2) is 108 Å². The van der Waals surface area contributed by atoms with Crippen molar-refractivity contribution in [1.29, 1.82) is 0 Å². The molecule has 2 amide bonds. The van der Waals surface area contributed by atoms with E-state index in [-0.39, 0.29) is 17.9 Å². The minimum atomic E-state index is -0.227. The van der Waals surface area contributed by atoms with Gasteiger partial charge in [-0.3, -0.25) is 9.59 Å². The summed E-state index contributed by atoms with van der Waals surface area (Å²) >= 11 is 3.42. The number of halogens is 1. The number of benzene rings is 4. The van der Waals surface area contributed by atoms with Crippen molar-refractivity contribution in [3.63, 3.8) is 0 Å².